The molecule has 1 aromatic rings. The highest BCUT2D eigenvalue weighted by molar-refractivity contribution is 5.81. The van der Waals surface area contributed by atoms with Crippen molar-refractivity contribution < 1.29 is 19.4 Å². The van der Waals surface area contributed by atoms with E-state index < -0.39 is 18.4 Å². The van der Waals surface area contributed by atoms with Crippen molar-refractivity contribution in [2.24, 2.45) is 0 Å². The first-order valence-electron chi connectivity index (χ1n) is 4.74. The Morgan fingerprint density at radius 2 is 1.94 bits per heavy atom. The van der Waals surface area contributed by atoms with Gasteiger partial charge in [0, 0.05) is 0 Å². The van der Waals surface area contributed by atoms with E-state index in [1.807, 2.05) is 19.1 Å². The highest BCUT2D eigenvalue weighted by Gasteiger charge is 2.01. The van der Waals surface area contributed by atoms with Crippen LogP contribution >= 0.6 is 0 Å². The smallest absolute Gasteiger partial charge is 0.258 e. The summed E-state index contributed by atoms with van der Waals surface area (Å²) in [5.41, 5.74) is 1.09. The summed E-state index contributed by atoms with van der Waals surface area (Å²) in [6.07, 6.45) is 0. The molecule has 0 spiro atoms. The van der Waals surface area contributed by atoms with E-state index in [0.717, 1.165) is 5.56 Å². The molecule has 0 radical (unpaired) electrons. The maximum Gasteiger partial charge on any atom is 0.258 e. The molecule has 0 atom stereocenters. The lowest BCUT2D eigenvalue weighted by Gasteiger charge is -2.07. The third-order valence-electron chi connectivity index (χ3n) is 1.82. The van der Waals surface area contributed by atoms with Gasteiger partial charge in [-0.1, -0.05) is 17.7 Å². The van der Waals surface area contributed by atoms with Gasteiger partial charge >= 0.3 is 0 Å². The monoisotopic (exact) mass is 222 g/mol. The third-order valence-corrected chi connectivity index (χ3v) is 1.82. The summed E-state index contributed by atoms with van der Waals surface area (Å²) in [7, 11) is 0. The van der Waals surface area contributed by atoms with Crippen LogP contribution < -0.4 is 15.2 Å². The van der Waals surface area contributed by atoms with Gasteiger partial charge in [-0.15, -0.1) is 0 Å². The summed E-state index contributed by atoms with van der Waals surface area (Å²) in [6.45, 7) is 1.22. The number of aryl methyl sites for hydroxylation is 1. The minimum absolute atomic E-state index is 0.212. The SMILES string of the molecule is Cc1ccc(OCC(=O)NCC(=O)[O-])cc1. The van der Waals surface area contributed by atoms with E-state index in [9.17, 15) is 14.7 Å². The van der Waals surface area contributed by atoms with Crippen molar-refractivity contribution in [3.8, 4) is 5.75 Å². The van der Waals surface area contributed by atoms with Gasteiger partial charge in [-0.2, -0.15) is 0 Å². The van der Waals surface area contributed by atoms with Crippen molar-refractivity contribution in [3.63, 3.8) is 0 Å². The first-order chi connectivity index (χ1) is 7.58. The number of carboxylic acid groups (broad SMARTS) is 1. The molecule has 1 rings (SSSR count). The van der Waals surface area contributed by atoms with E-state index in [0.29, 0.717) is 5.75 Å². The first-order valence-corrected chi connectivity index (χ1v) is 4.74. The number of hydrogen-bond acceptors (Lipinski definition) is 4. The average molecular weight is 222 g/mol. The van der Waals surface area contributed by atoms with Crippen molar-refractivity contribution >= 4 is 11.9 Å². The lowest BCUT2D eigenvalue weighted by atomic mass is 10.2. The van der Waals surface area contributed by atoms with Gasteiger partial charge in [0.2, 0.25) is 0 Å². The van der Waals surface area contributed by atoms with Crippen LogP contribution in [0.1, 0.15) is 5.56 Å². The standard InChI is InChI=1S/C11H13NO4/c1-8-2-4-9(5-3-8)16-7-10(13)12-6-11(14)15/h2-5H,6-7H2,1H3,(H,12,13)(H,14,15)/p-1. The minimum Gasteiger partial charge on any atom is -0.548 e. The Bertz CT molecular complexity index is 372. The molecule has 0 aliphatic heterocycles. The van der Waals surface area contributed by atoms with Gasteiger partial charge in [0.1, 0.15) is 5.75 Å². The van der Waals surface area contributed by atoms with Gasteiger partial charge in [0.05, 0.1) is 12.5 Å². The molecule has 0 heterocycles. The number of benzene rings is 1. The molecule has 1 aromatic carbocycles. The van der Waals surface area contributed by atoms with Crippen LogP contribution in [-0.4, -0.2) is 25.0 Å². The highest BCUT2D eigenvalue weighted by atomic mass is 16.5. The first kappa shape index (κ1) is 12.0. The number of hydrogen-bond donors (Lipinski definition) is 1. The Hall–Kier alpha value is -2.04. The molecule has 0 fully saturated rings. The van der Waals surface area contributed by atoms with Crippen molar-refractivity contribution in [2.45, 2.75) is 6.92 Å². The summed E-state index contributed by atoms with van der Waals surface area (Å²) >= 11 is 0. The molecule has 0 aliphatic rings. The van der Waals surface area contributed by atoms with E-state index in [-0.39, 0.29) is 6.61 Å². The Labute approximate surface area is 93.0 Å². The van der Waals surface area contributed by atoms with Crippen LogP contribution in [0.5, 0.6) is 5.75 Å². The highest BCUT2D eigenvalue weighted by Crippen LogP contribution is 2.10. The lowest BCUT2D eigenvalue weighted by Crippen LogP contribution is -2.39. The van der Waals surface area contributed by atoms with Crippen LogP contribution in [0.25, 0.3) is 0 Å². The molecule has 5 nitrogen and oxygen atoms in total. The third kappa shape index (κ3) is 4.45. The summed E-state index contributed by atoms with van der Waals surface area (Å²) in [6, 6.07) is 7.19. The van der Waals surface area contributed by atoms with E-state index in [2.05, 4.69) is 5.32 Å². The average Bonchev–Trinajstić information content (AvgIpc) is 2.25. The van der Waals surface area contributed by atoms with Crippen LogP contribution in [0.15, 0.2) is 24.3 Å². The topological polar surface area (TPSA) is 78.5 Å². The fraction of sp³-hybridized carbons (Fsp3) is 0.273. The Balaban J connectivity index is 2.31. The summed E-state index contributed by atoms with van der Waals surface area (Å²) in [5, 5.41) is 12.2. The molecule has 0 unspecified atom stereocenters. The number of carbonyl (C=O) groups is 2. The molecule has 0 aliphatic carbocycles. The zero-order chi connectivity index (χ0) is 12.0. The van der Waals surface area contributed by atoms with Crippen LogP contribution in [0.3, 0.4) is 0 Å². The fourth-order valence-corrected chi connectivity index (χ4v) is 1.01. The second kappa shape index (κ2) is 5.75. The number of nitrogens with one attached hydrogen (secondary N) is 1. The predicted octanol–water partition coefficient (Wildman–Crippen LogP) is -0.760. The van der Waals surface area contributed by atoms with Crippen molar-refractivity contribution in [3.05, 3.63) is 29.8 Å². The van der Waals surface area contributed by atoms with E-state index in [4.69, 9.17) is 4.74 Å². The zero-order valence-electron chi connectivity index (χ0n) is 8.86. The van der Waals surface area contributed by atoms with E-state index >= 15 is 0 Å². The van der Waals surface area contributed by atoms with Gasteiger partial charge in [-0.05, 0) is 19.1 Å². The molecule has 0 bridgehead atoms. The molecule has 0 saturated heterocycles. The van der Waals surface area contributed by atoms with Gasteiger partial charge < -0.3 is 20.0 Å². The number of aliphatic carboxylic acids is 1. The number of ether oxygens (including phenoxy) is 1. The second-order valence-corrected chi connectivity index (χ2v) is 3.25. The molecule has 0 aromatic heterocycles. The lowest BCUT2D eigenvalue weighted by molar-refractivity contribution is -0.304. The van der Waals surface area contributed by atoms with Crippen molar-refractivity contribution in [1.82, 2.24) is 5.32 Å². The Morgan fingerprint density at radius 3 is 2.50 bits per heavy atom. The molecule has 1 amide bonds. The molecular formula is C11H12NO4-. The number of amides is 1. The molecule has 5 heteroatoms. The van der Waals surface area contributed by atoms with E-state index in [1.54, 1.807) is 12.1 Å². The van der Waals surface area contributed by atoms with Crippen molar-refractivity contribution in [2.75, 3.05) is 13.2 Å². The van der Waals surface area contributed by atoms with Crippen LogP contribution in [0, 0.1) is 6.92 Å². The van der Waals surface area contributed by atoms with Crippen molar-refractivity contribution in [1.29, 1.82) is 0 Å². The van der Waals surface area contributed by atoms with Crippen LogP contribution in [0.2, 0.25) is 0 Å². The largest absolute Gasteiger partial charge is 0.548 e. The second-order valence-electron chi connectivity index (χ2n) is 3.25. The predicted molar refractivity (Wildman–Crippen MR) is 54.7 cm³/mol. The Morgan fingerprint density at radius 1 is 1.31 bits per heavy atom. The molecule has 86 valence electrons. The number of rotatable bonds is 5. The van der Waals surface area contributed by atoms with Crippen LogP contribution in [0.4, 0.5) is 0 Å². The maximum atomic E-state index is 11.1. The minimum atomic E-state index is -1.33. The molecule has 0 saturated carbocycles. The molecule has 1 N–H and O–H groups in total. The van der Waals surface area contributed by atoms with Crippen LogP contribution in [-0.2, 0) is 9.59 Å². The van der Waals surface area contributed by atoms with Gasteiger partial charge in [-0.3, -0.25) is 4.79 Å². The van der Waals surface area contributed by atoms with Gasteiger partial charge in [0.15, 0.2) is 6.61 Å². The summed E-state index contributed by atoms with van der Waals surface area (Å²) in [4.78, 5) is 21.1. The summed E-state index contributed by atoms with van der Waals surface area (Å²) < 4.78 is 5.13. The maximum absolute atomic E-state index is 11.1. The normalized spacial score (nSPS) is 9.56. The molecular weight excluding hydrogens is 210 g/mol. The Kier molecular flexibility index (Phi) is 4.32. The molecule has 16 heavy (non-hydrogen) atoms. The van der Waals surface area contributed by atoms with Gasteiger partial charge in [0.25, 0.3) is 5.91 Å². The summed E-state index contributed by atoms with van der Waals surface area (Å²) in [5.74, 6) is -1.26. The number of carbonyl (C=O) groups excluding carboxylic acids is 2. The van der Waals surface area contributed by atoms with Gasteiger partial charge in [-0.25, -0.2) is 0 Å². The quantitative estimate of drug-likeness (QED) is 0.710. The van der Waals surface area contributed by atoms with E-state index in [1.165, 1.54) is 0 Å². The number of carboxylic acids is 1. The fourth-order valence-electron chi connectivity index (χ4n) is 1.01. The zero-order valence-corrected chi connectivity index (χ0v) is 8.86.